The maximum Gasteiger partial charge on any atom is 0.261 e. The molecule has 0 saturated heterocycles. The number of benzene rings is 1. The van der Waals surface area contributed by atoms with Crippen molar-refractivity contribution in [1.29, 1.82) is 0 Å². The van der Waals surface area contributed by atoms with E-state index in [0.717, 1.165) is 10.1 Å². The van der Waals surface area contributed by atoms with Crippen LogP contribution in [0, 0.1) is 12.3 Å². The minimum Gasteiger partial charge on any atom is -0.399 e. The van der Waals surface area contributed by atoms with E-state index in [1.807, 2.05) is 24.3 Å². The van der Waals surface area contributed by atoms with Gasteiger partial charge in [-0.25, -0.2) is 0 Å². The number of carbonyl (C=O) groups excluding carboxylic acids is 1. The third kappa shape index (κ3) is 2.58. The molecule has 1 aromatic heterocycles. The van der Waals surface area contributed by atoms with E-state index >= 15 is 0 Å². The van der Waals surface area contributed by atoms with Crippen LogP contribution in [-0.2, 0) is 0 Å². The molecule has 0 bridgehead atoms. The lowest BCUT2D eigenvalue weighted by Gasteiger charge is -1.98. The Morgan fingerprint density at radius 3 is 3.06 bits per heavy atom. The van der Waals surface area contributed by atoms with E-state index in [1.54, 1.807) is 0 Å². The molecule has 17 heavy (non-hydrogen) atoms. The van der Waals surface area contributed by atoms with Gasteiger partial charge in [0.05, 0.1) is 4.88 Å². The summed E-state index contributed by atoms with van der Waals surface area (Å²) in [5.74, 6) is 2.40. The number of terminal acetylenes is 1. The fraction of sp³-hybridized carbons (Fsp3) is 0.154. The molecule has 1 aromatic carbocycles. The zero-order chi connectivity index (χ0) is 12.3. The molecule has 0 atom stereocenters. The van der Waals surface area contributed by atoms with E-state index in [9.17, 15) is 4.79 Å². The van der Waals surface area contributed by atoms with Gasteiger partial charge in [-0.05, 0) is 29.7 Å². The van der Waals surface area contributed by atoms with Gasteiger partial charge in [-0.1, -0.05) is 0 Å². The van der Waals surface area contributed by atoms with Crippen LogP contribution >= 0.6 is 11.3 Å². The smallest absolute Gasteiger partial charge is 0.261 e. The zero-order valence-corrected chi connectivity index (χ0v) is 10.0. The van der Waals surface area contributed by atoms with Gasteiger partial charge in [-0.2, -0.15) is 0 Å². The van der Waals surface area contributed by atoms with Crippen LogP contribution in [0.4, 0.5) is 5.69 Å². The first-order valence-electron chi connectivity index (χ1n) is 5.21. The lowest BCUT2D eigenvalue weighted by molar-refractivity contribution is 0.0958. The highest BCUT2D eigenvalue weighted by molar-refractivity contribution is 7.20. The molecule has 1 amide bonds. The van der Waals surface area contributed by atoms with Gasteiger partial charge in [-0.3, -0.25) is 4.79 Å². The Hall–Kier alpha value is -1.99. The second kappa shape index (κ2) is 4.89. The first kappa shape index (κ1) is 11.5. The van der Waals surface area contributed by atoms with Gasteiger partial charge >= 0.3 is 0 Å². The molecule has 2 rings (SSSR count). The molecule has 0 aliphatic heterocycles. The van der Waals surface area contributed by atoms with Crippen LogP contribution < -0.4 is 11.1 Å². The Morgan fingerprint density at radius 1 is 1.47 bits per heavy atom. The topological polar surface area (TPSA) is 55.1 Å². The number of rotatable bonds is 3. The van der Waals surface area contributed by atoms with Crippen LogP contribution in [0.5, 0.6) is 0 Å². The summed E-state index contributed by atoms with van der Waals surface area (Å²) in [4.78, 5) is 12.5. The zero-order valence-electron chi connectivity index (χ0n) is 9.19. The first-order chi connectivity index (χ1) is 8.20. The summed E-state index contributed by atoms with van der Waals surface area (Å²) in [6, 6.07) is 7.47. The van der Waals surface area contributed by atoms with Gasteiger partial charge in [0, 0.05) is 23.4 Å². The molecule has 0 fully saturated rings. The van der Waals surface area contributed by atoms with Gasteiger partial charge in [-0.15, -0.1) is 23.7 Å². The van der Waals surface area contributed by atoms with E-state index < -0.39 is 0 Å². The molecular weight excluding hydrogens is 232 g/mol. The Kier molecular flexibility index (Phi) is 3.31. The van der Waals surface area contributed by atoms with Crippen molar-refractivity contribution in [3.63, 3.8) is 0 Å². The molecule has 3 N–H and O–H groups in total. The van der Waals surface area contributed by atoms with E-state index in [1.165, 1.54) is 11.3 Å². The van der Waals surface area contributed by atoms with Gasteiger partial charge in [0.15, 0.2) is 0 Å². The van der Waals surface area contributed by atoms with Crippen molar-refractivity contribution in [2.75, 3.05) is 12.3 Å². The monoisotopic (exact) mass is 244 g/mol. The van der Waals surface area contributed by atoms with Crippen molar-refractivity contribution in [3.05, 3.63) is 29.1 Å². The Labute approximate surface area is 104 Å². The van der Waals surface area contributed by atoms with Gasteiger partial charge in [0.25, 0.3) is 5.91 Å². The van der Waals surface area contributed by atoms with Crippen molar-refractivity contribution in [3.8, 4) is 12.3 Å². The summed E-state index contributed by atoms with van der Waals surface area (Å²) >= 11 is 1.45. The number of hydrogen-bond acceptors (Lipinski definition) is 3. The second-order valence-electron chi connectivity index (χ2n) is 3.62. The second-order valence-corrected chi connectivity index (χ2v) is 4.70. The van der Waals surface area contributed by atoms with Crippen molar-refractivity contribution in [2.24, 2.45) is 0 Å². The molecule has 0 aliphatic carbocycles. The number of nitrogens with two attached hydrogens (primary N) is 1. The molecule has 86 valence electrons. The minimum absolute atomic E-state index is 0.0833. The van der Waals surface area contributed by atoms with Gasteiger partial charge in [0.2, 0.25) is 0 Å². The summed E-state index contributed by atoms with van der Waals surface area (Å²) in [6.07, 6.45) is 5.66. The predicted octanol–water partition coefficient (Wildman–Crippen LogP) is 2.24. The molecule has 0 unspecified atom stereocenters. The molecule has 0 radical (unpaired) electrons. The number of nitrogens with one attached hydrogen (secondary N) is 1. The molecule has 0 aliphatic rings. The van der Waals surface area contributed by atoms with Crippen LogP contribution in [-0.4, -0.2) is 12.5 Å². The third-order valence-electron chi connectivity index (χ3n) is 2.32. The fourth-order valence-corrected chi connectivity index (χ4v) is 2.47. The number of carbonyl (C=O) groups is 1. The van der Waals surface area contributed by atoms with Crippen LogP contribution in [0.3, 0.4) is 0 Å². The summed E-state index contributed by atoms with van der Waals surface area (Å²) in [6.45, 7) is 0.506. The van der Waals surface area contributed by atoms with E-state index in [2.05, 4.69) is 11.2 Å². The summed E-state index contributed by atoms with van der Waals surface area (Å²) < 4.78 is 1.06. The average Bonchev–Trinajstić information content (AvgIpc) is 2.72. The van der Waals surface area contributed by atoms with Crippen LogP contribution in [0.15, 0.2) is 24.3 Å². The van der Waals surface area contributed by atoms with Crippen molar-refractivity contribution >= 4 is 33.0 Å². The number of amides is 1. The standard InChI is InChI=1S/C13H12N2OS/c1-2-3-6-15-13(16)12-8-9-7-10(14)4-5-11(9)17-12/h1,4-5,7-8H,3,6,14H2,(H,15,16). The molecule has 4 heteroatoms. The highest BCUT2D eigenvalue weighted by atomic mass is 32.1. The first-order valence-corrected chi connectivity index (χ1v) is 6.03. The lowest BCUT2D eigenvalue weighted by atomic mass is 10.2. The Balaban J connectivity index is 2.19. The Bertz CT molecular complexity index is 595. The number of fused-ring (bicyclic) bond motifs is 1. The minimum atomic E-state index is -0.0833. The van der Waals surface area contributed by atoms with Gasteiger partial charge in [0.1, 0.15) is 0 Å². The molecule has 3 nitrogen and oxygen atoms in total. The SMILES string of the molecule is C#CCCNC(=O)c1cc2cc(N)ccc2s1. The summed E-state index contributed by atoms with van der Waals surface area (Å²) in [5, 5.41) is 3.77. The number of thiophene rings is 1. The number of nitrogen functional groups attached to an aromatic ring is 1. The molecule has 2 aromatic rings. The van der Waals surface area contributed by atoms with Crippen molar-refractivity contribution in [2.45, 2.75) is 6.42 Å². The average molecular weight is 244 g/mol. The van der Waals surface area contributed by atoms with Gasteiger partial charge < -0.3 is 11.1 Å². The van der Waals surface area contributed by atoms with Crippen LogP contribution in [0.2, 0.25) is 0 Å². The number of hydrogen-bond donors (Lipinski definition) is 2. The van der Waals surface area contributed by atoms with E-state index in [-0.39, 0.29) is 5.91 Å². The summed E-state index contributed by atoms with van der Waals surface area (Å²) in [7, 11) is 0. The van der Waals surface area contributed by atoms with Crippen molar-refractivity contribution in [1.82, 2.24) is 5.32 Å². The maximum atomic E-state index is 11.8. The maximum absolute atomic E-state index is 11.8. The van der Waals surface area contributed by atoms with E-state index in [0.29, 0.717) is 23.5 Å². The molecule has 1 heterocycles. The van der Waals surface area contributed by atoms with Crippen LogP contribution in [0.25, 0.3) is 10.1 Å². The fourth-order valence-electron chi connectivity index (χ4n) is 1.51. The Morgan fingerprint density at radius 2 is 2.29 bits per heavy atom. The normalized spacial score (nSPS) is 10.1. The highest BCUT2D eigenvalue weighted by Crippen LogP contribution is 2.27. The molecular formula is C13H12N2OS. The quantitative estimate of drug-likeness (QED) is 0.494. The number of anilines is 1. The summed E-state index contributed by atoms with van der Waals surface area (Å²) in [5.41, 5.74) is 6.39. The van der Waals surface area contributed by atoms with E-state index in [4.69, 9.17) is 12.2 Å². The van der Waals surface area contributed by atoms with Crippen LogP contribution in [0.1, 0.15) is 16.1 Å². The molecule has 0 saturated carbocycles. The highest BCUT2D eigenvalue weighted by Gasteiger charge is 2.09. The predicted molar refractivity (Wildman–Crippen MR) is 72.0 cm³/mol. The molecule has 0 spiro atoms. The largest absolute Gasteiger partial charge is 0.399 e. The lowest BCUT2D eigenvalue weighted by Crippen LogP contribution is -2.23. The van der Waals surface area contributed by atoms with Crippen molar-refractivity contribution < 1.29 is 4.79 Å². The third-order valence-corrected chi connectivity index (χ3v) is 3.43.